The van der Waals surface area contributed by atoms with E-state index in [0.717, 1.165) is 79.9 Å². The van der Waals surface area contributed by atoms with Crippen molar-refractivity contribution in [3.63, 3.8) is 0 Å². The third-order valence-electron chi connectivity index (χ3n) is 14.8. The third kappa shape index (κ3) is 17.7. The molecular weight excluding hydrogens is 1110 g/mol. The first-order valence-electron chi connectivity index (χ1n) is 24.5. The Balaban J connectivity index is 0.000000423. The van der Waals surface area contributed by atoms with Gasteiger partial charge in [-0.1, -0.05) is 26.0 Å². The van der Waals surface area contributed by atoms with Gasteiger partial charge in [0.2, 0.25) is 64.4 Å². The number of hydrogen-bond acceptors (Lipinski definition) is 18. The molecule has 6 fully saturated rings. The second kappa shape index (κ2) is 26.1. The van der Waals surface area contributed by atoms with Gasteiger partial charge < -0.3 is 47.0 Å². The van der Waals surface area contributed by atoms with Crippen molar-refractivity contribution in [1.29, 1.82) is 0 Å². The molecule has 30 heteroatoms. The van der Waals surface area contributed by atoms with Crippen molar-refractivity contribution in [3.05, 3.63) is 96.3 Å². The number of aromatic amines is 2. The zero-order chi connectivity index (χ0) is 57.3. The van der Waals surface area contributed by atoms with Crippen LogP contribution in [0.5, 0.6) is 23.3 Å². The van der Waals surface area contributed by atoms with Gasteiger partial charge in [0.25, 0.3) is 0 Å². The molecule has 6 aliphatic rings. The standard InChI is InChI=1S/C48H54N6O4.4H2O4S/c1-5-29-27-53-21-17-31(29)23-43(53)45(35-15-19-49-41-13-11-33(55-3)25-39(35)41)57-47-37-9-7-8-10-38(37)48(52-51-47)58-46(44-24-32-18-22-54(44)28-30(32)6-2)36-16-20-50-42-14-12-34(56-4)26-40(36)42;4*1-5(2,3)4/h7-16,19-20,25-26,29-32,43-46H,5-6,17-18,21-24,27-28H2,1-4H3;4*(H2,1,2,3,4)/t29-,30-,31-,32-,43+,44+,45-,46-;;;;/m0..../s1. The number of piperidine rings is 6. The van der Waals surface area contributed by atoms with Crippen LogP contribution in [-0.2, 0) is 41.6 Å². The highest BCUT2D eigenvalue weighted by Crippen LogP contribution is 2.42. The van der Waals surface area contributed by atoms with Crippen LogP contribution < -0.4 is 38.7 Å². The van der Waals surface area contributed by atoms with E-state index in [1.807, 2.05) is 24.5 Å². The van der Waals surface area contributed by atoms with Crippen molar-refractivity contribution in [2.75, 3.05) is 40.4 Å². The molecule has 12 rings (SSSR count). The van der Waals surface area contributed by atoms with Gasteiger partial charge in [-0.2, -0.15) is 0 Å². The molecule has 6 saturated heterocycles. The van der Waals surface area contributed by atoms with Crippen LogP contribution in [0.25, 0.3) is 32.6 Å². The number of fused-ring (bicyclic) bond motifs is 9. The molecule has 26 nitrogen and oxygen atoms in total. The van der Waals surface area contributed by atoms with Crippen LogP contribution in [0.4, 0.5) is 0 Å². The topological polar surface area (TPSA) is 410 Å². The van der Waals surface area contributed by atoms with Crippen LogP contribution >= 0.6 is 0 Å². The quantitative estimate of drug-likeness (QED) is 0.0741. The number of quaternary nitrogens is 2. The Kier molecular flexibility index (Phi) is 20.6. The van der Waals surface area contributed by atoms with Crippen LogP contribution in [0, 0.1) is 23.7 Å². The molecule has 0 amide bonds. The minimum atomic E-state index is -4.92. The molecule has 0 spiro atoms. The van der Waals surface area contributed by atoms with E-state index in [0.29, 0.717) is 23.6 Å². The molecule has 3 aromatic heterocycles. The van der Waals surface area contributed by atoms with Crippen molar-refractivity contribution >= 4 is 74.2 Å². The number of pyridine rings is 2. The SMILES string of the molecule is CC[C@H]1C[NH+]2CC[C@H]1C[C@@H]2[C@@H](Oc1nnc(O[C@@H](c2cc[nH+]c3ccc(OC)cc23)[C@H]2C[C@@H]3CC[NH+]2C[C@@H]3CC)c2ccccc12)c1cc[nH+]c2ccc(OC)cc12.O=S(=O)([O-])O.O=S(=O)([O-])O.O=S(=O)([O-])O.O=S(=O)([O-])O. The highest BCUT2D eigenvalue weighted by atomic mass is 32.3. The smallest absolute Gasteiger partial charge is 0.242 e. The summed E-state index contributed by atoms with van der Waals surface area (Å²) in [5, 5.41) is 13.9. The molecule has 4 bridgehead atoms. The molecule has 0 radical (unpaired) electrons. The van der Waals surface area contributed by atoms with Crippen molar-refractivity contribution in [1.82, 2.24) is 10.2 Å². The lowest BCUT2D eigenvalue weighted by Crippen LogP contribution is -3.20. The van der Waals surface area contributed by atoms with Crippen LogP contribution in [-0.4, -0.2) is 133 Å². The molecular formula is C48H62N6O20S4. The number of nitrogens with one attached hydrogen (secondary N) is 4. The van der Waals surface area contributed by atoms with Gasteiger partial charge in [-0.15, -0.1) is 10.2 Å². The van der Waals surface area contributed by atoms with Crippen LogP contribution in [0.15, 0.2) is 85.2 Å². The second-order valence-electron chi connectivity index (χ2n) is 19.2. The lowest BCUT2D eigenvalue weighted by atomic mass is 9.72. The van der Waals surface area contributed by atoms with Gasteiger partial charge in [0.15, 0.2) is 24.6 Å². The third-order valence-corrected chi connectivity index (χ3v) is 14.8. The average molecular weight is 1170 g/mol. The Hall–Kier alpha value is -5.58. The summed E-state index contributed by atoms with van der Waals surface area (Å²) < 4.78 is 157. The Morgan fingerprint density at radius 3 is 1.21 bits per heavy atom. The second-order valence-corrected chi connectivity index (χ2v) is 22.6. The summed E-state index contributed by atoms with van der Waals surface area (Å²) in [4.78, 5) is 10.2. The minimum absolute atomic E-state index is 0.236. The summed E-state index contributed by atoms with van der Waals surface area (Å²) in [6, 6.07) is 25.8. The van der Waals surface area contributed by atoms with Crippen LogP contribution in [0.1, 0.15) is 75.7 Å². The van der Waals surface area contributed by atoms with Crippen molar-refractivity contribution in [2.24, 2.45) is 23.7 Å². The largest absolute Gasteiger partial charge is 0.726 e. The fourth-order valence-electron chi connectivity index (χ4n) is 11.7. The first kappa shape index (κ1) is 61.6. The summed E-state index contributed by atoms with van der Waals surface area (Å²) in [5.41, 5.74) is 4.40. The molecule has 6 aliphatic heterocycles. The Bertz CT molecular complexity index is 3170. The summed E-state index contributed by atoms with van der Waals surface area (Å²) in [6.07, 6.45) is 10.9. The summed E-state index contributed by atoms with van der Waals surface area (Å²) >= 11 is 0. The monoisotopic (exact) mass is 1170 g/mol. The molecule has 0 saturated carbocycles. The average Bonchev–Trinajstić information content (AvgIpc) is 3.55. The molecule has 10 atom stereocenters. The highest BCUT2D eigenvalue weighted by molar-refractivity contribution is 7.80. The van der Waals surface area contributed by atoms with Crippen LogP contribution in [0.3, 0.4) is 0 Å². The number of methoxy groups -OCH3 is 2. The summed E-state index contributed by atoms with van der Waals surface area (Å²) in [7, 11) is -16.2. The number of H-pyrrole nitrogens is 2. The van der Waals surface area contributed by atoms with Gasteiger partial charge in [0.05, 0.1) is 61.9 Å². The molecule has 78 heavy (non-hydrogen) atoms. The number of rotatable bonds is 12. The molecule has 428 valence electrons. The Morgan fingerprint density at radius 1 is 0.564 bits per heavy atom. The number of benzene rings is 3. The van der Waals surface area contributed by atoms with Gasteiger partial charge in [-0.3, -0.25) is 18.2 Å². The predicted molar refractivity (Wildman–Crippen MR) is 272 cm³/mol. The van der Waals surface area contributed by atoms with E-state index in [1.165, 1.54) is 51.9 Å². The van der Waals surface area contributed by atoms with Crippen molar-refractivity contribution in [3.8, 4) is 23.3 Å². The maximum atomic E-state index is 8.63. The first-order chi connectivity index (χ1) is 36.5. The molecule has 0 aliphatic carbocycles. The molecule has 2 unspecified atom stereocenters. The number of hydrogen-bond donors (Lipinski definition) is 6. The van der Waals surface area contributed by atoms with Gasteiger partial charge in [0, 0.05) is 72.9 Å². The van der Waals surface area contributed by atoms with E-state index < -0.39 is 41.6 Å². The maximum absolute atomic E-state index is 8.63. The minimum Gasteiger partial charge on any atom is -0.726 e. The Labute approximate surface area is 451 Å². The van der Waals surface area contributed by atoms with E-state index in [1.54, 1.807) is 24.0 Å². The highest BCUT2D eigenvalue weighted by Gasteiger charge is 2.50. The van der Waals surface area contributed by atoms with E-state index in [9.17, 15) is 0 Å². The molecule has 8 N–H and O–H groups in total. The predicted octanol–water partition coefficient (Wildman–Crippen LogP) is 1.25. The van der Waals surface area contributed by atoms with Crippen LogP contribution in [0.2, 0.25) is 0 Å². The van der Waals surface area contributed by atoms with Gasteiger partial charge >= 0.3 is 0 Å². The summed E-state index contributed by atoms with van der Waals surface area (Å²) in [5.74, 6) is 5.68. The molecule has 9 heterocycles. The lowest BCUT2D eigenvalue weighted by molar-refractivity contribution is -0.950. The van der Waals surface area contributed by atoms with Gasteiger partial charge in [-0.05, 0) is 61.1 Å². The fraction of sp³-hybridized carbons (Fsp3) is 0.458. The lowest BCUT2D eigenvalue weighted by Gasteiger charge is -2.48. The molecule has 3 aromatic carbocycles. The van der Waals surface area contributed by atoms with E-state index in [-0.39, 0.29) is 24.3 Å². The van der Waals surface area contributed by atoms with Gasteiger partial charge in [0.1, 0.15) is 23.6 Å². The summed E-state index contributed by atoms with van der Waals surface area (Å²) in [6.45, 7) is 9.42. The van der Waals surface area contributed by atoms with Gasteiger partial charge in [-0.25, -0.2) is 43.6 Å². The van der Waals surface area contributed by atoms with E-state index in [2.05, 4.69) is 84.5 Å². The van der Waals surface area contributed by atoms with E-state index in [4.69, 9.17) is 99.2 Å². The first-order valence-corrected chi connectivity index (χ1v) is 30.0. The van der Waals surface area contributed by atoms with Crippen molar-refractivity contribution < 1.29 is 109 Å². The zero-order valence-electron chi connectivity index (χ0n) is 42.6. The van der Waals surface area contributed by atoms with Crippen molar-refractivity contribution in [2.45, 2.75) is 76.7 Å². The number of aromatic nitrogens is 4. The maximum Gasteiger partial charge on any atom is 0.242 e. The number of nitrogens with zero attached hydrogens (tertiary/aromatic N) is 2. The number of ether oxygens (including phenoxy) is 4. The Morgan fingerprint density at radius 2 is 0.910 bits per heavy atom. The fourth-order valence-corrected chi connectivity index (χ4v) is 11.7. The van der Waals surface area contributed by atoms with E-state index >= 15 is 0 Å². The normalized spacial score (nSPS) is 23.4. The zero-order valence-corrected chi connectivity index (χ0v) is 45.9. The molecule has 6 aromatic rings.